The first-order valence-corrected chi connectivity index (χ1v) is 6.58. The number of ketones is 1. The highest BCUT2D eigenvalue weighted by Gasteiger charge is 2.24. The van der Waals surface area contributed by atoms with Crippen LogP contribution in [-0.4, -0.2) is 41.4 Å². The van der Waals surface area contributed by atoms with Crippen molar-refractivity contribution in [3.05, 3.63) is 16.4 Å². The van der Waals surface area contributed by atoms with Crippen molar-refractivity contribution < 1.29 is 9.53 Å². The third-order valence-corrected chi connectivity index (χ3v) is 3.57. The van der Waals surface area contributed by atoms with Gasteiger partial charge in [0, 0.05) is 19.6 Å². The second kappa shape index (κ2) is 5.82. The normalized spacial score (nSPS) is 20.1. The third kappa shape index (κ3) is 2.74. The van der Waals surface area contributed by atoms with Gasteiger partial charge in [0.15, 0.2) is 5.78 Å². The summed E-state index contributed by atoms with van der Waals surface area (Å²) < 4.78 is 7.23. The Morgan fingerprint density at radius 3 is 3.06 bits per heavy atom. The molecule has 1 saturated heterocycles. The zero-order chi connectivity index (χ0) is 13.1. The van der Waals surface area contributed by atoms with Gasteiger partial charge in [-0.15, -0.1) is 0 Å². The lowest BCUT2D eigenvalue weighted by Crippen LogP contribution is -2.43. The first-order valence-electron chi connectivity index (χ1n) is 6.20. The molecule has 0 aromatic carbocycles. The number of nitrogens with one attached hydrogen (secondary N) is 1. The minimum atomic E-state index is -0.365. The van der Waals surface area contributed by atoms with Crippen LogP contribution in [0.2, 0.25) is 5.02 Å². The average molecular weight is 272 g/mol. The van der Waals surface area contributed by atoms with E-state index in [-0.39, 0.29) is 18.3 Å². The summed E-state index contributed by atoms with van der Waals surface area (Å²) in [6, 6.07) is 0. The second-order valence-corrected chi connectivity index (χ2v) is 4.75. The zero-order valence-corrected chi connectivity index (χ0v) is 11.5. The Morgan fingerprint density at radius 2 is 2.44 bits per heavy atom. The molecule has 0 bridgehead atoms. The van der Waals surface area contributed by atoms with Crippen LogP contribution in [0, 0.1) is 6.92 Å². The van der Waals surface area contributed by atoms with Gasteiger partial charge < -0.3 is 10.1 Å². The highest BCUT2D eigenvalue weighted by atomic mass is 35.5. The molecule has 1 atom stereocenters. The first kappa shape index (κ1) is 13.5. The maximum Gasteiger partial charge on any atom is 0.168 e. The summed E-state index contributed by atoms with van der Waals surface area (Å²) in [5.74, 6) is 0.0544. The SMILES string of the molecule is CCn1nc(C)c(Cl)c1CC(=O)C1CNCCO1. The molecule has 0 saturated carbocycles. The minimum Gasteiger partial charge on any atom is -0.368 e. The minimum absolute atomic E-state index is 0.0544. The smallest absolute Gasteiger partial charge is 0.168 e. The molecule has 5 nitrogen and oxygen atoms in total. The van der Waals surface area contributed by atoms with Crippen LogP contribution in [0.25, 0.3) is 0 Å². The molecule has 1 unspecified atom stereocenters. The molecule has 1 aliphatic rings. The molecule has 6 heteroatoms. The molecule has 100 valence electrons. The zero-order valence-electron chi connectivity index (χ0n) is 10.7. The number of ether oxygens (including phenoxy) is 1. The fraction of sp³-hybridized carbons (Fsp3) is 0.667. The lowest BCUT2D eigenvalue weighted by atomic mass is 10.1. The highest BCUT2D eigenvalue weighted by Crippen LogP contribution is 2.21. The lowest BCUT2D eigenvalue weighted by molar-refractivity contribution is -0.131. The van der Waals surface area contributed by atoms with Gasteiger partial charge in [0.2, 0.25) is 0 Å². The lowest BCUT2D eigenvalue weighted by Gasteiger charge is -2.22. The molecule has 0 spiro atoms. The van der Waals surface area contributed by atoms with Gasteiger partial charge in [-0.05, 0) is 13.8 Å². The van der Waals surface area contributed by atoms with Crippen LogP contribution in [0.4, 0.5) is 0 Å². The summed E-state index contributed by atoms with van der Waals surface area (Å²) in [5, 5.41) is 8.04. The van der Waals surface area contributed by atoms with Gasteiger partial charge in [-0.2, -0.15) is 5.10 Å². The first-order chi connectivity index (χ1) is 8.63. The number of hydrogen-bond donors (Lipinski definition) is 1. The van der Waals surface area contributed by atoms with Crippen molar-refractivity contribution in [2.45, 2.75) is 32.9 Å². The molecule has 0 aliphatic carbocycles. The molecule has 18 heavy (non-hydrogen) atoms. The van der Waals surface area contributed by atoms with E-state index in [9.17, 15) is 4.79 Å². The van der Waals surface area contributed by atoms with Crippen LogP contribution >= 0.6 is 11.6 Å². The van der Waals surface area contributed by atoms with Crippen molar-refractivity contribution >= 4 is 17.4 Å². The maximum atomic E-state index is 12.1. The average Bonchev–Trinajstić information content (AvgIpc) is 2.67. The largest absolute Gasteiger partial charge is 0.368 e. The standard InChI is InChI=1S/C12H18ClN3O2/c1-3-16-9(12(13)8(2)15-16)6-10(17)11-7-14-4-5-18-11/h11,14H,3-7H2,1-2H3. The predicted molar refractivity (Wildman–Crippen MR) is 69.0 cm³/mol. The quantitative estimate of drug-likeness (QED) is 0.886. The Labute approximate surface area is 111 Å². The second-order valence-electron chi connectivity index (χ2n) is 4.37. The monoisotopic (exact) mass is 271 g/mol. The van der Waals surface area contributed by atoms with Crippen LogP contribution in [0.15, 0.2) is 0 Å². The number of hydrogen-bond acceptors (Lipinski definition) is 4. The fourth-order valence-electron chi connectivity index (χ4n) is 2.09. The van der Waals surface area contributed by atoms with E-state index in [1.807, 2.05) is 13.8 Å². The van der Waals surface area contributed by atoms with Crippen molar-refractivity contribution in [3.8, 4) is 0 Å². The molecule has 1 aliphatic heterocycles. The molecule has 1 aromatic rings. The van der Waals surface area contributed by atoms with Crippen molar-refractivity contribution in [1.82, 2.24) is 15.1 Å². The fourth-order valence-corrected chi connectivity index (χ4v) is 2.29. The van der Waals surface area contributed by atoms with Crippen molar-refractivity contribution in [2.75, 3.05) is 19.7 Å². The van der Waals surface area contributed by atoms with Crippen LogP contribution in [-0.2, 0) is 22.5 Å². The molecule has 0 amide bonds. The number of nitrogens with zero attached hydrogens (tertiary/aromatic N) is 2. The Hall–Kier alpha value is -0.910. The molecule has 2 heterocycles. The van der Waals surface area contributed by atoms with Crippen molar-refractivity contribution in [2.24, 2.45) is 0 Å². The molecular formula is C12H18ClN3O2. The molecular weight excluding hydrogens is 254 g/mol. The Balaban J connectivity index is 2.10. The van der Waals surface area contributed by atoms with Gasteiger partial charge in [-0.25, -0.2) is 0 Å². The van der Waals surface area contributed by atoms with Crippen molar-refractivity contribution in [3.63, 3.8) is 0 Å². The van der Waals surface area contributed by atoms with Gasteiger partial charge in [0.05, 0.1) is 29.4 Å². The van der Waals surface area contributed by atoms with Gasteiger partial charge in [0.1, 0.15) is 6.10 Å². The summed E-state index contributed by atoms with van der Waals surface area (Å²) in [5.41, 5.74) is 1.56. The van der Waals surface area contributed by atoms with Crippen LogP contribution in [0.5, 0.6) is 0 Å². The molecule has 0 radical (unpaired) electrons. The summed E-state index contributed by atoms with van der Waals surface area (Å²) in [6.07, 6.45) is -0.0878. The van der Waals surface area contributed by atoms with Gasteiger partial charge in [-0.3, -0.25) is 9.48 Å². The van der Waals surface area contributed by atoms with E-state index < -0.39 is 0 Å². The summed E-state index contributed by atoms with van der Waals surface area (Å²) in [6.45, 7) is 6.50. The van der Waals surface area contributed by atoms with E-state index in [1.165, 1.54) is 0 Å². The molecule has 1 N–H and O–H groups in total. The van der Waals surface area contributed by atoms with Crippen LogP contribution in [0.3, 0.4) is 0 Å². The highest BCUT2D eigenvalue weighted by molar-refractivity contribution is 6.32. The van der Waals surface area contributed by atoms with E-state index in [1.54, 1.807) is 4.68 Å². The number of Topliss-reactive ketones (excluding diaryl/α,β-unsaturated/α-hetero) is 1. The number of aryl methyl sites for hydroxylation is 2. The Bertz CT molecular complexity index is 439. The van der Waals surface area contributed by atoms with E-state index >= 15 is 0 Å². The van der Waals surface area contributed by atoms with E-state index in [0.29, 0.717) is 24.7 Å². The maximum absolute atomic E-state index is 12.1. The third-order valence-electron chi connectivity index (χ3n) is 3.08. The van der Waals surface area contributed by atoms with E-state index in [4.69, 9.17) is 16.3 Å². The summed E-state index contributed by atoms with van der Waals surface area (Å²) >= 11 is 6.18. The Morgan fingerprint density at radius 1 is 1.67 bits per heavy atom. The summed E-state index contributed by atoms with van der Waals surface area (Å²) in [7, 11) is 0. The van der Waals surface area contributed by atoms with Gasteiger partial charge in [0.25, 0.3) is 0 Å². The van der Waals surface area contributed by atoms with E-state index in [2.05, 4.69) is 10.4 Å². The van der Waals surface area contributed by atoms with E-state index in [0.717, 1.165) is 17.9 Å². The number of rotatable bonds is 4. The number of morpholine rings is 1. The predicted octanol–water partition coefficient (Wildman–Crippen LogP) is 0.965. The Kier molecular flexibility index (Phi) is 4.37. The number of carbonyl (C=O) groups excluding carboxylic acids is 1. The van der Waals surface area contributed by atoms with Gasteiger partial charge >= 0.3 is 0 Å². The van der Waals surface area contributed by atoms with Gasteiger partial charge in [-0.1, -0.05) is 11.6 Å². The topological polar surface area (TPSA) is 56.2 Å². The van der Waals surface area contributed by atoms with Crippen molar-refractivity contribution in [1.29, 1.82) is 0 Å². The molecule has 1 fully saturated rings. The summed E-state index contributed by atoms with van der Waals surface area (Å²) in [4.78, 5) is 12.1. The number of aromatic nitrogens is 2. The van der Waals surface area contributed by atoms with Crippen LogP contribution < -0.4 is 5.32 Å². The molecule has 1 aromatic heterocycles. The number of halogens is 1. The molecule has 2 rings (SSSR count). The number of carbonyl (C=O) groups is 1. The van der Waals surface area contributed by atoms with Crippen LogP contribution in [0.1, 0.15) is 18.3 Å².